The van der Waals surface area contributed by atoms with E-state index in [1.165, 1.54) is 12.1 Å². The largest absolute Gasteiger partial charge is 0.356 e. The fourth-order valence-corrected chi connectivity index (χ4v) is 2.35. The van der Waals surface area contributed by atoms with Crippen LogP contribution in [0.4, 0.5) is 15.8 Å². The molecule has 1 unspecified atom stereocenters. The Bertz CT molecular complexity index is 614. The highest BCUT2D eigenvalue weighted by molar-refractivity contribution is 7.79. The summed E-state index contributed by atoms with van der Waals surface area (Å²) in [5.41, 5.74) is 3.83. The molecule has 20 heavy (non-hydrogen) atoms. The summed E-state index contributed by atoms with van der Waals surface area (Å²) in [7, 11) is 0. The Morgan fingerprint density at radius 2 is 1.80 bits per heavy atom. The highest BCUT2D eigenvalue weighted by atomic mass is 32.2. The number of nitrogens with one attached hydrogen (secondary N) is 1. The first-order valence-corrected chi connectivity index (χ1v) is 7.52. The predicted octanol–water partition coefficient (Wildman–Crippen LogP) is 3.64. The molecule has 0 aromatic heterocycles. The second-order valence-corrected chi connectivity index (χ2v) is 5.60. The van der Waals surface area contributed by atoms with Crippen molar-refractivity contribution in [2.75, 3.05) is 11.1 Å². The number of halogens is 1. The number of hydrogen-bond acceptors (Lipinski definition) is 2. The minimum atomic E-state index is -1.76. The van der Waals surface area contributed by atoms with Gasteiger partial charge in [0.15, 0.2) is 11.1 Å². The van der Waals surface area contributed by atoms with Gasteiger partial charge in [-0.1, -0.05) is 6.07 Å². The lowest BCUT2D eigenvalue weighted by Gasteiger charge is -2.10. The molecule has 0 aliphatic heterocycles. The molecule has 3 nitrogen and oxygen atoms in total. The van der Waals surface area contributed by atoms with Gasteiger partial charge in [0, 0.05) is 11.4 Å². The van der Waals surface area contributed by atoms with E-state index in [2.05, 4.69) is 5.32 Å². The van der Waals surface area contributed by atoms with Gasteiger partial charge >= 0.3 is 0 Å². The molecule has 0 fully saturated rings. The average Bonchev–Trinajstić information content (AvgIpc) is 2.40. The number of hydrogen-bond donors (Lipinski definition) is 2. The molecule has 0 bridgehead atoms. The zero-order valence-electron chi connectivity index (χ0n) is 11.1. The lowest BCUT2D eigenvalue weighted by molar-refractivity contribution is 0.563. The van der Waals surface area contributed by atoms with E-state index >= 15 is 0 Å². The molecule has 0 saturated carbocycles. The molecule has 2 N–H and O–H groups in total. The van der Waals surface area contributed by atoms with Crippen molar-refractivity contribution < 1.29 is 13.2 Å². The third-order valence-corrected chi connectivity index (χ3v) is 3.57. The molecule has 0 heterocycles. The number of rotatable bonds is 5. The molecular weight excluding hydrogens is 277 g/mol. The van der Waals surface area contributed by atoms with E-state index in [1.54, 1.807) is 12.1 Å². The zero-order chi connectivity index (χ0) is 14.5. The molecule has 2 aromatic carbocycles. The molecule has 0 aliphatic carbocycles. The molecule has 5 heteroatoms. The minimum Gasteiger partial charge on any atom is -0.356 e. The van der Waals surface area contributed by atoms with Gasteiger partial charge in [-0.2, -0.15) is 0 Å². The highest BCUT2D eigenvalue weighted by Crippen LogP contribution is 2.20. The zero-order valence-corrected chi connectivity index (χ0v) is 11.9. The first-order chi connectivity index (χ1) is 9.54. The van der Waals surface area contributed by atoms with Crippen molar-refractivity contribution in [1.82, 2.24) is 0 Å². The minimum absolute atomic E-state index is 0.242. The first kappa shape index (κ1) is 14.7. The monoisotopic (exact) mass is 293 g/mol. The van der Waals surface area contributed by atoms with Crippen molar-refractivity contribution in [2.24, 2.45) is 0 Å². The molecule has 0 saturated heterocycles. The van der Waals surface area contributed by atoms with Crippen LogP contribution in [0.15, 0.2) is 42.5 Å². The lowest BCUT2D eigenvalue weighted by atomic mass is 10.1. The maximum absolute atomic E-state index is 12.8. The van der Waals surface area contributed by atoms with Crippen molar-refractivity contribution in [1.29, 1.82) is 0 Å². The summed E-state index contributed by atoms with van der Waals surface area (Å²) in [5.74, 6) is -0.0231. The Labute approximate surface area is 120 Å². The van der Waals surface area contributed by atoms with Gasteiger partial charge < -0.3 is 9.87 Å². The van der Waals surface area contributed by atoms with Crippen LogP contribution in [-0.4, -0.2) is 14.5 Å². The van der Waals surface area contributed by atoms with Gasteiger partial charge in [0.25, 0.3) is 0 Å². The standard InChI is InChI=1S/C15H16FNO2S/c1-11-10-15(5-2-12(11)8-9-20(18)19)17-14-6-3-13(16)4-7-14/h2-7,10,17H,8-9H2,1H3,(H,18,19). The summed E-state index contributed by atoms with van der Waals surface area (Å²) in [5, 5.41) is 3.19. The summed E-state index contributed by atoms with van der Waals surface area (Å²) in [4.78, 5) is 0. The Kier molecular flexibility index (Phi) is 4.87. The maximum atomic E-state index is 12.8. The van der Waals surface area contributed by atoms with Gasteiger partial charge in [0.05, 0.1) is 5.75 Å². The van der Waals surface area contributed by atoms with Crippen LogP contribution in [-0.2, 0) is 17.5 Å². The van der Waals surface area contributed by atoms with Crippen molar-refractivity contribution in [3.8, 4) is 0 Å². The Hall–Kier alpha value is -1.72. The summed E-state index contributed by atoms with van der Waals surface area (Å²) in [6, 6.07) is 12.0. The van der Waals surface area contributed by atoms with Crippen molar-refractivity contribution >= 4 is 22.5 Å². The second-order valence-electron chi connectivity index (χ2n) is 4.55. The van der Waals surface area contributed by atoms with Crippen LogP contribution in [0.5, 0.6) is 0 Å². The molecule has 0 radical (unpaired) electrons. The third kappa shape index (κ3) is 4.15. The van der Waals surface area contributed by atoms with Crippen LogP contribution >= 0.6 is 0 Å². The third-order valence-electron chi connectivity index (χ3n) is 3.02. The van der Waals surface area contributed by atoms with Crippen LogP contribution in [0.25, 0.3) is 0 Å². The number of anilines is 2. The fourth-order valence-electron chi connectivity index (χ4n) is 1.95. The van der Waals surface area contributed by atoms with E-state index in [9.17, 15) is 8.60 Å². The predicted molar refractivity (Wildman–Crippen MR) is 80.2 cm³/mol. The second kappa shape index (κ2) is 6.63. The van der Waals surface area contributed by atoms with Gasteiger partial charge in [-0.05, 0) is 60.9 Å². The van der Waals surface area contributed by atoms with Crippen LogP contribution in [0.2, 0.25) is 0 Å². The highest BCUT2D eigenvalue weighted by Gasteiger charge is 2.03. The van der Waals surface area contributed by atoms with Crippen molar-refractivity contribution in [3.63, 3.8) is 0 Å². The summed E-state index contributed by atoms with van der Waals surface area (Å²) in [6.07, 6.45) is 0.575. The summed E-state index contributed by atoms with van der Waals surface area (Å²) in [6.45, 7) is 1.96. The molecule has 106 valence electrons. The summed E-state index contributed by atoms with van der Waals surface area (Å²) >= 11 is -1.76. The molecule has 2 aromatic rings. The lowest BCUT2D eigenvalue weighted by Crippen LogP contribution is -2.01. The smallest absolute Gasteiger partial charge is 0.153 e. The molecular formula is C15H16FNO2S. The Balaban J connectivity index is 2.08. The van der Waals surface area contributed by atoms with Crippen LogP contribution < -0.4 is 5.32 Å². The van der Waals surface area contributed by atoms with E-state index in [-0.39, 0.29) is 11.6 Å². The van der Waals surface area contributed by atoms with Gasteiger partial charge in [0.2, 0.25) is 0 Å². The molecule has 0 amide bonds. The van der Waals surface area contributed by atoms with E-state index in [1.807, 2.05) is 25.1 Å². The topological polar surface area (TPSA) is 49.3 Å². The van der Waals surface area contributed by atoms with E-state index < -0.39 is 11.1 Å². The summed E-state index contributed by atoms with van der Waals surface area (Å²) < 4.78 is 32.3. The van der Waals surface area contributed by atoms with Crippen LogP contribution in [0.1, 0.15) is 11.1 Å². The molecule has 1 atom stereocenters. The maximum Gasteiger partial charge on any atom is 0.153 e. The Morgan fingerprint density at radius 3 is 2.40 bits per heavy atom. The van der Waals surface area contributed by atoms with Crippen LogP contribution in [0.3, 0.4) is 0 Å². The van der Waals surface area contributed by atoms with E-state index in [0.29, 0.717) is 6.42 Å². The quantitative estimate of drug-likeness (QED) is 0.827. The number of aryl methyl sites for hydroxylation is 2. The van der Waals surface area contributed by atoms with Crippen LogP contribution in [0, 0.1) is 12.7 Å². The Morgan fingerprint density at radius 1 is 1.15 bits per heavy atom. The van der Waals surface area contributed by atoms with Crippen molar-refractivity contribution in [2.45, 2.75) is 13.3 Å². The van der Waals surface area contributed by atoms with Gasteiger partial charge in [0.1, 0.15) is 5.82 Å². The molecule has 2 rings (SSSR count). The first-order valence-electron chi connectivity index (χ1n) is 6.24. The fraction of sp³-hybridized carbons (Fsp3) is 0.200. The normalized spacial score (nSPS) is 12.2. The molecule has 0 spiro atoms. The van der Waals surface area contributed by atoms with Gasteiger partial charge in [-0.3, -0.25) is 0 Å². The van der Waals surface area contributed by atoms with Gasteiger partial charge in [-0.25, -0.2) is 8.60 Å². The average molecular weight is 293 g/mol. The van der Waals surface area contributed by atoms with Crippen molar-refractivity contribution in [3.05, 3.63) is 59.4 Å². The number of benzene rings is 2. The van der Waals surface area contributed by atoms with E-state index in [4.69, 9.17) is 4.55 Å². The SMILES string of the molecule is Cc1cc(Nc2ccc(F)cc2)ccc1CCS(=O)O. The van der Waals surface area contributed by atoms with Gasteiger partial charge in [-0.15, -0.1) is 0 Å². The van der Waals surface area contributed by atoms with E-state index in [0.717, 1.165) is 22.5 Å². The molecule has 0 aliphatic rings.